The van der Waals surface area contributed by atoms with E-state index in [9.17, 15) is 4.79 Å². The first kappa shape index (κ1) is 17.8. The smallest absolute Gasteiger partial charge is 0.271 e. The minimum atomic E-state index is -0.249. The summed E-state index contributed by atoms with van der Waals surface area (Å²) in [5.41, 5.74) is 1.79. The summed E-state index contributed by atoms with van der Waals surface area (Å²) in [6, 6.07) is 12.4. The van der Waals surface area contributed by atoms with E-state index in [0.717, 1.165) is 5.69 Å². The van der Waals surface area contributed by atoms with Gasteiger partial charge in [-0.15, -0.1) is 0 Å². The van der Waals surface area contributed by atoms with Gasteiger partial charge in [0, 0.05) is 34.0 Å². The number of carbonyl (C=O) groups excluding carboxylic acids is 1. The first-order valence-electron chi connectivity index (χ1n) is 7.58. The lowest BCUT2D eigenvalue weighted by Gasteiger charge is -2.09. The molecule has 3 aromatic rings. The molecule has 1 heterocycles. The lowest BCUT2D eigenvalue weighted by Crippen LogP contribution is -2.22. The van der Waals surface area contributed by atoms with Crippen LogP contribution in [0.4, 0.5) is 0 Å². The molecule has 0 spiro atoms. The molecule has 0 aliphatic rings. The van der Waals surface area contributed by atoms with Crippen LogP contribution in [0.15, 0.2) is 48.7 Å². The number of nitrogens with zero attached hydrogens (tertiary/aromatic N) is 2. The molecule has 25 heavy (non-hydrogen) atoms. The Morgan fingerprint density at radius 1 is 1.08 bits per heavy atom. The topological polar surface area (TPSA) is 46.9 Å². The van der Waals surface area contributed by atoms with Gasteiger partial charge >= 0.3 is 0 Å². The van der Waals surface area contributed by atoms with Crippen LogP contribution in [0.3, 0.4) is 0 Å². The molecule has 0 saturated heterocycles. The SMILES string of the molecule is CCNC(=O)c1cn(-c2ccc(Cl)cc2)c(-c2ccc(Cl)cc2Cl)n1. The Labute approximate surface area is 160 Å². The third-order valence-corrected chi connectivity index (χ3v) is 4.35. The zero-order valence-electron chi connectivity index (χ0n) is 13.3. The van der Waals surface area contributed by atoms with Crippen LogP contribution in [-0.4, -0.2) is 22.0 Å². The van der Waals surface area contributed by atoms with Gasteiger partial charge in [0.25, 0.3) is 5.91 Å². The number of benzene rings is 2. The highest BCUT2D eigenvalue weighted by molar-refractivity contribution is 6.36. The number of nitrogens with one attached hydrogen (secondary N) is 1. The van der Waals surface area contributed by atoms with Gasteiger partial charge in [0.2, 0.25) is 0 Å². The summed E-state index contributed by atoms with van der Waals surface area (Å²) in [6.07, 6.45) is 1.68. The minimum Gasteiger partial charge on any atom is -0.351 e. The Hall–Kier alpha value is -2.01. The van der Waals surface area contributed by atoms with Gasteiger partial charge in [-0.1, -0.05) is 34.8 Å². The third-order valence-electron chi connectivity index (χ3n) is 3.55. The van der Waals surface area contributed by atoms with Crippen molar-refractivity contribution in [3.8, 4) is 17.1 Å². The molecule has 1 aromatic heterocycles. The van der Waals surface area contributed by atoms with E-state index in [1.165, 1.54) is 0 Å². The van der Waals surface area contributed by atoms with Crippen LogP contribution in [0.2, 0.25) is 15.1 Å². The number of carbonyl (C=O) groups is 1. The predicted molar refractivity (Wildman–Crippen MR) is 102 cm³/mol. The highest BCUT2D eigenvalue weighted by atomic mass is 35.5. The van der Waals surface area contributed by atoms with Gasteiger partial charge in [-0.3, -0.25) is 9.36 Å². The number of halogens is 3. The van der Waals surface area contributed by atoms with Crippen molar-refractivity contribution in [2.75, 3.05) is 6.54 Å². The lowest BCUT2D eigenvalue weighted by atomic mass is 10.2. The van der Waals surface area contributed by atoms with Gasteiger partial charge in [0.15, 0.2) is 0 Å². The number of hydrogen-bond acceptors (Lipinski definition) is 2. The first-order valence-corrected chi connectivity index (χ1v) is 8.72. The largest absolute Gasteiger partial charge is 0.351 e. The van der Waals surface area contributed by atoms with Gasteiger partial charge < -0.3 is 5.32 Å². The second-order valence-corrected chi connectivity index (χ2v) is 6.56. The average molecular weight is 395 g/mol. The molecule has 0 aliphatic carbocycles. The molecule has 4 nitrogen and oxygen atoms in total. The lowest BCUT2D eigenvalue weighted by molar-refractivity contribution is 0.0951. The van der Waals surface area contributed by atoms with Crippen molar-refractivity contribution in [3.63, 3.8) is 0 Å². The van der Waals surface area contributed by atoms with Crippen LogP contribution < -0.4 is 5.32 Å². The molecule has 2 aromatic carbocycles. The number of aromatic nitrogens is 2. The standard InChI is InChI=1S/C18H14Cl3N3O/c1-2-22-18(25)16-10-24(13-6-3-11(19)4-7-13)17(23-16)14-8-5-12(20)9-15(14)21/h3-10H,2H2,1H3,(H,22,25). The van der Waals surface area contributed by atoms with Gasteiger partial charge in [-0.25, -0.2) is 4.98 Å². The fourth-order valence-electron chi connectivity index (χ4n) is 2.40. The summed E-state index contributed by atoms with van der Waals surface area (Å²) in [7, 11) is 0. The number of amides is 1. The maximum absolute atomic E-state index is 12.2. The van der Waals surface area contributed by atoms with Crippen molar-refractivity contribution in [3.05, 3.63) is 69.4 Å². The van der Waals surface area contributed by atoms with Crippen LogP contribution in [0, 0.1) is 0 Å². The van der Waals surface area contributed by atoms with Crippen molar-refractivity contribution in [1.82, 2.24) is 14.9 Å². The Morgan fingerprint density at radius 3 is 2.40 bits per heavy atom. The molecule has 0 fully saturated rings. The van der Waals surface area contributed by atoms with Crippen LogP contribution in [0.5, 0.6) is 0 Å². The molecule has 0 saturated carbocycles. The highest BCUT2D eigenvalue weighted by Crippen LogP contribution is 2.31. The molecule has 1 N–H and O–H groups in total. The Bertz CT molecular complexity index is 920. The zero-order valence-corrected chi connectivity index (χ0v) is 15.5. The Kier molecular flexibility index (Phi) is 5.33. The van der Waals surface area contributed by atoms with Gasteiger partial charge in [0.05, 0.1) is 5.02 Å². The molecule has 0 atom stereocenters. The fourth-order valence-corrected chi connectivity index (χ4v) is 3.02. The Morgan fingerprint density at radius 2 is 1.76 bits per heavy atom. The highest BCUT2D eigenvalue weighted by Gasteiger charge is 2.18. The van der Waals surface area contributed by atoms with E-state index in [0.29, 0.717) is 38.7 Å². The van der Waals surface area contributed by atoms with Crippen molar-refractivity contribution < 1.29 is 4.79 Å². The summed E-state index contributed by atoms with van der Waals surface area (Å²) in [5, 5.41) is 4.36. The fraction of sp³-hybridized carbons (Fsp3) is 0.111. The third kappa shape index (κ3) is 3.82. The van der Waals surface area contributed by atoms with E-state index in [-0.39, 0.29) is 5.91 Å². The second-order valence-electron chi connectivity index (χ2n) is 5.28. The van der Waals surface area contributed by atoms with E-state index in [1.54, 1.807) is 41.1 Å². The molecular formula is C18H14Cl3N3O. The predicted octanol–water partition coefficient (Wildman–Crippen LogP) is 5.25. The monoisotopic (exact) mass is 393 g/mol. The van der Waals surface area contributed by atoms with E-state index in [4.69, 9.17) is 34.8 Å². The summed E-state index contributed by atoms with van der Waals surface area (Å²) < 4.78 is 1.80. The second kappa shape index (κ2) is 7.48. The molecule has 128 valence electrons. The zero-order chi connectivity index (χ0) is 18.0. The summed E-state index contributed by atoms with van der Waals surface area (Å²) in [6.45, 7) is 2.37. The van der Waals surface area contributed by atoms with Crippen molar-refractivity contribution >= 4 is 40.7 Å². The maximum atomic E-state index is 12.2. The van der Waals surface area contributed by atoms with E-state index >= 15 is 0 Å². The van der Waals surface area contributed by atoms with Crippen LogP contribution in [0.1, 0.15) is 17.4 Å². The quantitative estimate of drug-likeness (QED) is 0.657. The first-order chi connectivity index (χ1) is 12.0. The molecule has 3 rings (SSSR count). The van der Waals surface area contributed by atoms with E-state index < -0.39 is 0 Å². The number of imidazole rings is 1. The molecule has 1 amide bonds. The van der Waals surface area contributed by atoms with Crippen molar-refractivity contribution in [2.45, 2.75) is 6.92 Å². The number of rotatable bonds is 4. The number of hydrogen-bond donors (Lipinski definition) is 1. The van der Waals surface area contributed by atoms with Crippen LogP contribution >= 0.6 is 34.8 Å². The summed E-state index contributed by atoms with van der Waals surface area (Å²) in [4.78, 5) is 16.7. The van der Waals surface area contributed by atoms with Gasteiger partial charge in [-0.2, -0.15) is 0 Å². The van der Waals surface area contributed by atoms with E-state index in [1.807, 2.05) is 19.1 Å². The Balaban J connectivity index is 2.17. The normalized spacial score (nSPS) is 10.7. The van der Waals surface area contributed by atoms with E-state index in [2.05, 4.69) is 10.3 Å². The molecule has 0 unspecified atom stereocenters. The van der Waals surface area contributed by atoms with Crippen molar-refractivity contribution in [1.29, 1.82) is 0 Å². The van der Waals surface area contributed by atoms with Crippen LogP contribution in [0.25, 0.3) is 17.1 Å². The van der Waals surface area contributed by atoms with Crippen molar-refractivity contribution in [2.24, 2.45) is 0 Å². The minimum absolute atomic E-state index is 0.249. The van der Waals surface area contributed by atoms with Gasteiger partial charge in [-0.05, 0) is 49.4 Å². The molecular weight excluding hydrogens is 381 g/mol. The molecule has 0 aliphatic heterocycles. The summed E-state index contributed by atoms with van der Waals surface area (Å²) >= 11 is 18.3. The average Bonchev–Trinajstić information content (AvgIpc) is 3.01. The summed E-state index contributed by atoms with van der Waals surface area (Å²) in [5.74, 6) is 0.298. The molecule has 0 bridgehead atoms. The maximum Gasteiger partial charge on any atom is 0.271 e. The van der Waals surface area contributed by atoms with Gasteiger partial charge in [0.1, 0.15) is 11.5 Å². The van der Waals surface area contributed by atoms with Crippen LogP contribution in [-0.2, 0) is 0 Å². The molecule has 7 heteroatoms. The molecule has 0 radical (unpaired) electrons.